The van der Waals surface area contributed by atoms with E-state index in [4.69, 9.17) is 24.4 Å². The monoisotopic (exact) mass is 496 g/mol. The number of anilines is 2. The number of aromatic nitrogens is 1. The summed E-state index contributed by atoms with van der Waals surface area (Å²) in [7, 11) is 1.69. The molecule has 0 saturated carbocycles. The van der Waals surface area contributed by atoms with E-state index in [0.717, 1.165) is 52.5 Å². The van der Waals surface area contributed by atoms with Crippen LogP contribution in [-0.2, 0) is 11.2 Å². The van der Waals surface area contributed by atoms with Crippen LogP contribution >= 0.6 is 0 Å². The second-order valence-corrected chi connectivity index (χ2v) is 8.02. The number of hydrogen-bond acceptors (Lipinski definition) is 5. The van der Waals surface area contributed by atoms with E-state index in [1.165, 1.54) is 11.3 Å². The maximum Gasteiger partial charge on any atom is 0.490 e. The normalized spacial score (nSPS) is 12.5. The lowest BCUT2D eigenvalue weighted by molar-refractivity contribution is -0.192. The van der Waals surface area contributed by atoms with Gasteiger partial charge in [0.2, 0.25) is 0 Å². The summed E-state index contributed by atoms with van der Waals surface area (Å²) in [6, 6.07) is 24.2. The Labute approximate surface area is 205 Å². The largest absolute Gasteiger partial charge is 0.497 e. The minimum absolute atomic E-state index is 0.818. The van der Waals surface area contributed by atoms with E-state index in [9.17, 15) is 13.2 Å². The molecule has 1 aliphatic rings. The van der Waals surface area contributed by atoms with E-state index in [2.05, 4.69) is 30.0 Å². The topological polar surface area (TPSA) is 71.9 Å². The molecule has 0 amide bonds. The summed E-state index contributed by atoms with van der Waals surface area (Å²) in [4.78, 5) is 16.1. The highest BCUT2D eigenvalue weighted by Crippen LogP contribution is 2.42. The molecule has 0 saturated heterocycles. The number of nitrogens with zero attached hydrogens (tertiary/aromatic N) is 2. The van der Waals surface area contributed by atoms with Crippen LogP contribution in [0.3, 0.4) is 0 Å². The SMILES string of the molecule is COc1ccc(N2CCc3c(C)nc4ccc(Oc5ccccc5)cc4c32)cc1.O=C(O)C(F)(F)F. The van der Waals surface area contributed by atoms with Crippen LogP contribution in [0, 0.1) is 6.92 Å². The van der Waals surface area contributed by atoms with Gasteiger partial charge in [-0.3, -0.25) is 4.98 Å². The maximum atomic E-state index is 10.6. The molecule has 0 bridgehead atoms. The van der Waals surface area contributed by atoms with Gasteiger partial charge in [-0.05, 0) is 73.5 Å². The van der Waals surface area contributed by atoms with Gasteiger partial charge < -0.3 is 19.5 Å². The third kappa shape index (κ3) is 5.35. The van der Waals surface area contributed by atoms with Crippen molar-refractivity contribution in [2.45, 2.75) is 19.5 Å². The first-order valence-corrected chi connectivity index (χ1v) is 11.0. The first-order valence-electron chi connectivity index (χ1n) is 11.0. The third-order valence-electron chi connectivity index (χ3n) is 5.69. The summed E-state index contributed by atoms with van der Waals surface area (Å²) in [5.74, 6) is -0.247. The Balaban J connectivity index is 0.000000384. The van der Waals surface area contributed by atoms with Crippen LogP contribution in [0.15, 0.2) is 72.8 Å². The van der Waals surface area contributed by atoms with Gasteiger partial charge in [-0.25, -0.2) is 4.79 Å². The average Bonchev–Trinajstić information content (AvgIpc) is 3.31. The number of carboxylic acids is 1. The number of fused-ring (bicyclic) bond motifs is 3. The predicted octanol–water partition coefficient (Wildman–Crippen LogP) is 6.67. The summed E-state index contributed by atoms with van der Waals surface area (Å²) in [6.07, 6.45) is -4.10. The van der Waals surface area contributed by atoms with Crippen molar-refractivity contribution in [1.29, 1.82) is 0 Å². The number of para-hydroxylation sites is 1. The van der Waals surface area contributed by atoms with Gasteiger partial charge in [-0.1, -0.05) is 18.2 Å². The Bertz CT molecular complexity index is 1370. The Kier molecular flexibility index (Phi) is 7.00. The molecule has 36 heavy (non-hydrogen) atoms. The van der Waals surface area contributed by atoms with Crippen LogP contribution < -0.4 is 14.4 Å². The fraction of sp³-hybridized carbons (Fsp3) is 0.185. The van der Waals surface area contributed by atoms with Crippen molar-refractivity contribution >= 4 is 28.2 Å². The molecular formula is C27H23F3N2O4. The Hall–Kier alpha value is -4.27. The summed E-state index contributed by atoms with van der Waals surface area (Å²) in [5, 5.41) is 8.24. The number of carbonyl (C=O) groups is 1. The van der Waals surface area contributed by atoms with E-state index in [-0.39, 0.29) is 0 Å². The smallest absolute Gasteiger partial charge is 0.490 e. The molecule has 1 aliphatic heterocycles. The second kappa shape index (κ2) is 10.2. The summed E-state index contributed by atoms with van der Waals surface area (Å²) in [5.41, 5.74) is 5.79. The molecule has 0 unspecified atom stereocenters. The zero-order valence-electron chi connectivity index (χ0n) is 19.5. The van der Waals surface area contributed by atoms with E-state index >= 15 is 0 Å². The van der Waals surface area contributed by atoms with Gasteiger partial charge in [0.1, 0.15) is 17.2 Å². The molecule has 6 nitrogen and oxygen atoms in total. The number of rotatable bonds is 4. The van der Waals surface area contributed by atoms with E-state index in [1.807, 2.05) is 54.6 Å². The number of aliphatic carboxylic acids is 1. The summed E-state index contributed by atoms with van der Waals surface area (Å²) >= 11 is 0. The van der Waals surface area contributed by atoms with Crippen molar-refractivity contribution in [3.8, 4) is 17.2 Å². The zero-order valence-corrected chi connectivity index (χ0v) is 19.5. The number of pyridine rings is 1. The van der Waals surface area contributed by atoms with Crippen molar-refractivity contribution in [2.24, 2.45) is 0 Å². The van der Waals surface area contributed by atoms with Crippen LogP contribution in [0.2, 0.25) is 0 Å². The summed E-state index contributed by atoms with van der Waals surface area (Å²) < 4.78 is 43.1. The number of halogens is 3. The minimum atomic E-state index is -5.08. The number of aryl methyl sites for hydroxylation is 1. The van der Waals surface area contributed by atoms with Gasteiger partial charge >= 0.3 is 12.1 Å². The van der Waals surface area contributed by atoms with E-state index < -0.39 is 12.1 Å². The Morgan fingerprint density at radius 3 is 2.22 bits per heavy atom. The molecule has 4 aromatic rings. The third-order valence-corrected chi connectivity index (χ3v) is 5.69. The van der Waals surface area contributed by atoms with Gasteiger partial charge in [0.25, 0.3) is 0 Å². The molecule has 0 atom stereocenters. The molecule has 186 valence electrons. The first-order chi connectivity index (χ1) is 17.2. The predicted molar refractivity (Wildman–Crippen MR) is 130 cm³/mol. The molecule has 0 radical (unpaired) electrons. The highest BCUT2D eigenvalue weighted by Gasteiger charge is 2.38. The van der Waals surface area contributed by atoms with Crippen molar-refractivity contribution in [3.63, 3.8) is 0 Å². The fourth-order valence-corrected chi connectivity index (χ4v) is 4.04. The van der Waals surface area contributed by atoms with Crippen LogP contribution in [0.5, 0.6) is 17.2 Å². The molecule has 0 fully saturated rings. The highest BCUT2D eigenvalue weighted by molar-refractivity contribution is 5.98. The molecule has 5 rings (SSSR count). The number of ether oxygens (including phenoxy) is 2. The van der Waals surface area contributed by atoms with Crippen molar-refractivity contribution in [3.05, 3.63) is 84.1 Å². The van der Waals surface area contributed by atoms with Gasteiger partial charge in [0, 0.05) is 23.3 Å². The maximum absolute atomic E-state index is 10.6. The number of alkyl halides is 3. The van der Waals surface area contributed by atoms with Gasteiger partial charge in [-0.2, -0.15) is 13.2 Å². The fourth-order valence-electron chi connectivity index (χ4n) is 4.04. The number of hydrogen-bond donors (Lipinski definition) is 1. The van der Waals surface area contributed by atoms with E-state index in [0.29, 0.717) is 0 Å². The molecule has 0 aliphatic carbocycles. The number of benzene rings is 3. The van der Waals surface area contributed by atoms with Crippen LogP contribution in [-0.4, -0.2) is 35.9 Å². The summed E-state index contributed by atoms with van der Waals surface area (Å²) in [6.45, 7) is 3.04. The van der Waals surface area contributed by atoms with E-state index in [1.54, 1.807) is 7.11 Å². The number of methoxy groups -OCH3 is 1. The number of carboxylic acid groups (broad SMARTS) is 1. The Morgan fingerprint density at radius 2 is 1.61 bits per heavy atom. The average molecular weight is 496 g/mol. The lowest BCUT2D eigenvalue weighted by Gasteiger charge is -2.22. The van der Waals surface area contributed by atoms with Crippen LogP contribution in [0.4, 0.5) is 24.5 Å². The lowest BCUT2D eigenvalue weighted by Crippen LogP contribution is -2.21. The molecular weight excluding hydrogens is 473 g/mol. The molecule has 1 aromatic heterocycles. The van der Waals surface area contributed by atoms with Crippen LogP contribution in [0.1, 0.15) is 11.3 Å². The minimum Gasteiger partial charge on any atom is -0.497 e. The lowest BCUT2D eigenvalue weighted by atomic mass is 10.1. The molecule has 2 heterocycles. The second-order valence-electron chi connectivity index (χ2n) is 8.02. The molecule has 1 N–H and O–H groups in total. The zero-order chi connectivity index (χ0) is 25.9. The first kappa shape index (κ1) is 24.8. The van der Waals surface area contributed by atoms with Gasteiger partial charge in [0.15, 0.2) is 0 Å². The molecule has 3 aromatic carbocycles. The van der Waals surface area contributed by atoms with Crippen molar-refractivity contribution in [1.82, 2.24) is 4.98 Å². The Morgan fingerprint density at radius 1 is 0.972 bits per heavy atom. The molecule has 0 spiro atoms. The van der Waals surface area contributed by atoms with Crippen molar-refractivity contribution < 1.29 is 32.5 Å². The van der Waals surface area contributed by atoms with Crippen LogP contribution in [0.25, 0.3) is 10.9 Å². The molecule has 9 heteroatoms. The van der Waals surface area contributed by atoms with Crippen molar-refractivity contribution in [2.75, 3.05) is 18.6 Å². The van der Waals surface area contributed by atoms with Gasteiger partial charge in [0.05, 0.1) is 18.3 Å². The quantitative estimate of drug-likeness (QED) is 0.340. The highest BCUT2D eigenvalue weighted by atomic mass is 19.4. The standard InChI is InChI=1S/C25H22N2O2.C2HF3O2/c1-17-22-14-15-27(18-8-10-19(28-2)11-9-18)25(22)23-16-21(12-13-24(23)26-17)29-20-6-4-3-5-7-20;3-2(4,5)1(6)7/h3-13,16H,14-15H2,1-2H3;(H,6,7). The van der Waals surface area contributed by atoms with Gasteiger partial charge in [-0.15, -0.1) is 0 Å².